The minimum absolute atomic E-state index is 0.216. The number of para-hydroxylation sites is 1. The van der Waals surface area contributed by atoms with Crippen LogP contribution in [0.5, 0.6) is 0 Å². The van der Waals surface area contributed by atoms with E-state index < -0.39 is 0 Å². The molecule has 1 amide bonds. The molecule has 0 saturated heterocycles. The third-order valence-electron chi connectivity index (χ3n) is 4.17. The van der Waals surface area contributed by atoms with Crippen LogP contribution < -0.4 is 10.6 Å². The van der Waals surface area contributed by atoms with Crippen molar-refractivity contribution in [3.63, 3.8) is 0 Å². The highest BCUT2D eigenvalue weighted by Gasteiger charge is 2.09. The molecule has 134 valence electrons. The molecule has 0 bridgehead atoms. The number of hydrogen-bond acceptors (Lipinski definition) is 4. The Hall–Kier alpha value is -3.65. The van der Waals surface area contributed by atoms with Gasteiger partial charge < -0.3 is 10.6 Å². The van der Waals surface area contributed by atoms with Crippen LogP contribution >= 0.6 is 0 Å². The Labute approximate surface area is 158 Å². The lowest BCUT2D eigenvalue weighted by Crippen LogP contribution is -2.12. The van der Waals surface area contributed by atoms with Crippen LogP contribution in [0.4, 0.5) is 17.2 Å². The first kappa shape index (κ1) is 18.2. The standard InChI is InChI=1S/C22H20N4O/c1-15(2)16-7-9-19(10-8-16)25-22(27)17-11-12-24-21(13-17)26-20-6-4-3-5-18(20)14-23/h3-13,15H,1-2H3,(H,24,26)(H,25,27). The van der Waals surface area contributed by atoms with Crippen molar-refractivity contribution in [2.45, 2.75) is 19.8 Å². The van der Waals surface area contributed by atoms with E-state index in [0.717, 1.165) is 5.69 Å². The predicted molar refractivity (Wildman–Crippen MR) is 107 cm³/mol. The smallest absolute Gasteiger partial charge is 0.255 e. The molecule has 3 rings (SSSR count). The monoisotopic (exact) mass is 356 g/mol. The Morgan fingerprint density at radius 3 is 2.52 bits per heavy atom. The molecule has 2 aromatic carbocycles. The van der Waals surface area contributed by atoms with Gasteiger partial charge in [-0.1, -0.05) is 38.1 Å². The quantitative estimate of drug-likeness (QED) is 0.669. The van der Waals surface area contributed by atoms with Crippen LogP contribution in [-0.2, 0) is 0 Å². The SMILES string of the molecule is CC(C)c1ccc(NC(=O)c2ccnc(Nc3ccccc3C#N)c2)cc1. The molecule has 0 atom stereocenters. The van der Waals surface area contributed by atoms with Crippen LogP contribution in [0.3, 0.4) is 0 Å². The summed E-state index contributed by atoms with van der Waals surface area (Å²) in [4.78, 5) is 16.8. The summed E-state index contributed by atoms with van der Waals surface area (Å²) in [6.45, 7) is 4.26. The number of nitrogens with zero attached hydrogens (tertiary/aromatic N) is 2. The zero-order valence-corrected chi connectivity index (χ0v) is 15.2. The van der Waals surface area contributed by atoms with Crippen molar-refractivity contribution >= 4 is 23.1 Å². The summed E-state index contributed by atoms with van der Waals surface area (Å²) in [5.41, 5.74) is 3.61. The number of carbonyl (C=O) groups is 1. The maximum absolute atomic E-state index is 12.5. The van der Waals surface area contributed by atoms with E-state index in [4.69, 9.17) is 0 Å². The Balaban J connectivity index is 1.74. The van der Waals surface area contributed by atoms with Gasteiger partial charge in [0.25, 0.3) is 5.91 Å². The van der Waals surface area contributed by atoms with E-state index >= 15 is 0 Å². The highest BCUT2D eigenvalue weighted by molar-refractivity contribution is 6.04. The van der Waals surface area contributed by atoms with Gasteiger partial charge in [-0.2, -0.15) is 5.26 Å². The molecule has 5 nitrogen and oxygen atoms in total. The molecule has 2 N–H and O–H groups in total. The lowest BCUT2D eigenvalue weighted by Gasteiger charge is -2.10. The average Bonchev–Trinajstić information content (AvgIpc) is 2.69. The fraction of sp³-hybridized carbons (Fsp3) is 0.136. The molecule has 5 heteroatoms. The number of rotatable bonds is 5. The van der Waals surface area contributed by atoms with Crippen LogP contribution in [0.25, 0.3) is 0 Å². The predicted octanol–water partition coefficient (Wildman–Crippen LogP) is 5.07. The number of pyridine rings is 1. The van der Waals surface area contributed by atoms with Gasteiger partial charge in [-0.25, -0.2) is 4.98 Å². The van der Waals surface area contributed by atoms with Gasteiger partial charge in [-0.15, -0.1) is 0 Å². The summed E-state index contributed by atoms with van der Waals surface area (Å²) >= 11 is 0. The molecule has 0 radical (unpaired) electrons. The maximum atomic E-state index is 12.5. The number of nitrogens with one attached hydrogen (secondary N) is 2. The maximum Gasteiger partial charge on any atom is 0.255 e. The van der Waals surface area contributed by atoms with Crippen molar-refractivity contribution in [3.8, 4) is 6.07 Å². The first-order valence-corrected chi connectivity index (χ1v) is 8.70. The second-order valence-corrected chi connectivity index (χ2v) is 6.44. The van der Waals surface area contributed by atoms with E-state index in [9.17, 15) is 10.1 Å². The zero-order valence-electron chi connectivity index (χ0n) is 15.2. The van der Waals surface area contributed by atoms with Gasteiger partial charge in [0.1, 0.15) is 11.9 Å². The Morgan fingerprint density at radius 1 is 1.07 bits per heavy atom. The molecule has 1 aromatic heterocycles. The second kappa shape index (κ2) is 8.15. The Bertz CT molecular complexity index is 988. The molecule has 0 aliphatic rings. The molecule has 0 unspecified atom stereocenters. The minimum atomic E-state index is -0.216. The zero-order chi connectivity index (χ0) is 19.2. The number of hydrogen-bond donors (Lipinski definition) is 2. The summed E-state index contributed by atoms with van der Waals surface area (Å²) in [7, 11) is 0. The van der Waals surface area contributed by atoms with E-state index in [1.807, 2.05) is 30.3 Å². The summed E-state index contributed by atoms with van der Waals surface area (Å²) in [6, 6.07) is 20.4. The van der Waals surface area contributed by atoms with E-state index in [0.29, 0.717) is 28.6 Å². The van der Waals surface area contributed by atoms with Crippen molar-refractivity contribution in [3.05, 3.63) is 83.6 Å². The highest BCUT2D eigenvalue weighted by Crippen LogP contribution is 2.21. The molecule has 27 heavy (non-hydrogen) atoms. The average molecular weight is 356 g/mol. The van der Waals surface area contributed by atoms with Crippen molar-refractivity contribution in [1.29, 1.82) is 5.26 Å². The molecule has 0 aliphatic carbocycles. The molecule has 0 aliphatic heterocycles. The van der Waals surface area contributed by atoms with Crippen LogP contribution in [0.1, 0.15) is 41.3 Å². The van der Waals surface area contributed by atoms with Crippen LogP contribution in [-0.4, -0.2) is 10.9 Å². The van der Waals surface area contributed by atoms with E-state index in [-0.39, 0.29) is 5.91 Å². The Morgan fingerprint density at radius 2 is 1.81 bits per heavy atom. The molecule has 0 saturated carbocycles. The van der Waals surface area contributed by atoms with Gasteiger partial charge in [0.05, 0.1) is 11.3 Å². The molecule has 0 fully saturated rings. The number of nitriles is 1. The molecular formula is C22H20N4O. The summed E-state index contributed by atoms with van der Waals surface area (Å²) < 4.78 is 0. The fourth-order valence-corrected chi connectivity index (χ4v) is 2.62. The van der Waals surface area contributed by atoms with E-state index in [2.05, 4.69) is 35.5 Å². The van der Waals surface area contributed by atoms with Crippen molar-refractivity contribution in [2.75, 3.05) is 10.6 Å². The van der Waals surface area contributed by atoms with Crippen LogP contribution in [0.2, 0.25) is 0 Å². The van der Waals surface area contributed by atoms with Crippen LogP contribution in [0, 0.1) is 11.3 Å². The fourth-order valence-electron chi connectivity index (χ4n) is 2.62. The largest absolute Gasteiger partial charge is 0.339 e. The Kier molecular flexibility index (Phi) is 5.48. The third kappa shape index (κ3) is 4.50. The lowest BCUT2D eigenvalue weighted by molar-refractivity contribution is 0.102. The van der Waals surface area contributed by atoms with Crippen molar-refractivity contribution in [1.82, 2.24) is 4.98 Å². The topological polar surface area (TPSA) is 77.8 Å². The van der Waals surface area contributed by atoms with Crippen molar-refractivity contribution < 1.29 is 4.79 Å². The second-order valence-electron chi connectivity index (χ2n) is 6.44. The minimum Gasteiger partial charge on any atom is -0.339 e. The van der Waals surface area contributed by atoms with Gasteiger partial charge in [-0.3, -0.25) is 4.79 Å². The molecule has 0 spiro atoms. The van der Waals surface area contributed by atoms with Gasteiger partial charge >= 0.3 is 0 Å². The van der Waals surface area contributed by atoms with Crippen LogP contribution in [0.15, 0.2) is 66.9 Å². The highest BCUT2D eigenvalue weighted by atomic mass is 16.1. The van der Waals surface area contributed by atoms with Gasteiger partial charge in [0.2, 0.25) is 0 Å². The van der Waals surface area contributed by atoms with Gasteiger partial charge in [0, 0.05) is 17.4 Å². The first-order valence-electron chi connectivity index (χ1n) is 8.70. The number of amides is 1. The summed E-state index contributed by atoms with van der Waals surface area (Å²) in [5, 5.41) is 15.2. The van der Waals surface area contributed by atoms with E-state index in [1.54, 1.807) is 36.5 Å². The number of anilines is 3. The van der Waals surface area contributed by atoms with Crippen molar-refractivity contribution in [2.24, 2.45) is 0 Å². The van der Waals surface area contributed by atoms with Gasteiger partial charge in [-0.05, 0) is 47.9 Å². The number of carbonyl (C=O) groups excluding carboxylic acids is 1. The first-order chi connectivity index (χ1) is 13.1. The van der Waals surface area contributed by atoms with E-state index in [1.165, 1.54) is 5.56 Å². The molecular weight excluding hydrogens is 336 g/mol. The normalized spacial score (nSPS) is 10.3. The third-order valence-corrected chi connectivity index (χ3v) is 4.17. The molecule has 3 aromatic rings. The number of aromatic nitrogens is 1. The summed E-state index contributed by atoms with van der Waals surface area (Å²) in [5.74, 6) is 0.728. The lowest BCUT2D eigenvalue weighted by atomic mass is 10.0. The van der Waals surface area contributed by atoms with Gasteiger partial charge in [0.15, 0.2) is 0 Å². The number of benzene rings is 2. The summed E-state index contributed by atoms with van der Waals surface area (Å²) in [6.07, 6.45) is 1.56. The molecule has 1 heterocycles.